The number of nitrogens with zero attached hydrogens (tertiary/aromatic N) is 1. The lowest BCUT2D eigenvalue weighted by Crippen LogP contribution is -2.27. The summed E-state index contributed by atoms with van der Waals surface area (Å²) >= 11 is 0. The molecule has 0 unspecified atom stereocenters. The largest absolute Gasteiger partial charge is 0.342 e. The molecule has 5 nitrogen and oxygen atoms in total. The molecular weight excluding hydrogens is 310 g/mol. The van der Waals surface area contributed by atoms with E-state index in [-0.39, 0.29) is 0 Å². The number of H-pyrrole nitrogens is 1. The first-order valence-electron chi connectivity index (χ1n) is 7.46. The van der Waals surface area contributed by atoms with Gasteiger partial charge < -0.3 is 4.98 Å². The minimum absolute atomic E-state index is 0.301. The number of nitrogens with one attached hydrogen (secondary N) is 2. The number of rotatable bonds is 5. The Morgan fingerprint density at radius 2 is 1.91 bits per heavy atom. The van der Waals surface area contributed by atoms with E-state index >= 15 is 0 Å². The number of hydrogen-bond acceptors (Lipinski definition) is 3. The fraction of sp³-hybridized carbons (Fsp3) is 0.235. The summed E-state index contributed by atoms with van der Waals surface area (Å²) in [6, 6.07) is 13.2. The summed E-state index contributed by atoms with van der Waals surface area (Å²) in [5.74, 6) is 0.773. The van der Waals surface area contributed by atoms with Crippen molar-refractivity contribution in [2.75, 3.05) is 6.54 Å². The van der Waals surface area contributed by atoms with Crippen molar-refractivity contribution in [2.45, 2.75) is 25.2 Å². The van der Waals surface area contributed by atoms with Crippen LogP contribution in [0.1, 0.15) is 17.0 Å². The second kappa shape index (κ2) is 6.14. The molecule has 0 bridgehead atoms. The van der Waals surface area contributed by atoms with Crippen molar-refractivity contribution >= 4 is 21.1 Å². The fourth-order valence-electron chi connectivity index (χ4n) is 2.50. The summed E-state index contributed by atoms with van der Waals surface area (Å²) in [7, 11) is -3.51. The van der Waals surface area contributed by atoms with Crippen LogP contribution >= 0.6 is 0 Å². The van der Waals surface area contributed by atoms with E-state index in [1.807, 2.05) is 43.3 Å². The molecule has 120 valence electrons. The third-order valence-corrected chi connectivity index (χ3v) is 5.33. The number of aromatic nitrogens is 2. The average molecular weight is 329 g/mol. The van der Waals surface area contributed by atoms with E-state index < -0.39 is 10.0 Å². The lowest BCUT2D eigenvalue weighted by molar-refractivity contribution is 0.580. The number of fused-ring (bicyclic) bond motifs is 1. The zero-order valence-electron chi connectivity index (χ0n) is 13.1. The molecule has 0 saturated carbocycles. The molecule has 0 radical (unpaired) electrons. The van der Waals surface area contributed by atoms with Crippen LogP contribution < -0.4 is 4.72 Å². The molecule has 0 fully saturated rings. The van der Waals surface area contributed by atoms with Crippen molar-refractivity contribution in [3.8, 4) is 0 Å². The van der Waals surface area contributed by atoms with E-state index in [9.17, 15) is 8.42 Å². The maximum atomic E-state index is 12.4. The van der Waals surface area contributed by atoms with Gasteiger partial charge in [-0.25, -0.2) is 18.1 Å². The summed E-state index contributed by atoms with van der Waals surface area (Å²) in [5.41, 5.74) is 3.51. The minimum atomic E-state index is -3.51. The van der Waals surface area contributed by atoms with Gasteiger partial charge in [0.15, 0.2) is 0 Å². The van der Waals surface area contributed by atoms with Crippen molar-refractivity contribution in [3.63, 3.8) is 0 Å². The van der Waals surface area contributed by atoms with Gasteiger partial charge in [-0.05, 0) is 43.2 Å². The van der Waals surface area contributed by atoms with E-state index in [0.717, 1.165) is 28.0 Å². The summed E-state index contributed by atoms with van der Waals surface area (Å²) in [6.07, 6.45) is 0.513. The Labute approximate surface area is 135 Å². The van der Waals surface area contributed by atoms with E-state index in [2.05, 4.69) is 14.7 Å². The van der Waals surface area contributed by atoms with Gasteiger partial charge in [0.05, 0.1) is 15.9 Å². The number of imidazole rings is 1. The van der Waals surface area contributed by atoms with Crippen LogP contribution in [0.4, 0.5) is 0 Å². The molecule has 0 saturated heterocycles. The van der Waals surface area contributed by atoms with Crippen LogP contribution in [0.2, 0.25) is 0 Å². The number of aryl methyl sites for hydroxylation is 2. The smallest absolute Gasteiger partial charge is 0.240 e. The SMILES string of the molecule is Cc1ccc(C)c(S(=O)(=O)NCCc2nc3ccccc3[nH]2)c1. The molecule has 0 aliphatic heterocycles. The van der Waals surface area contributed by atoms with Gasteiger partial charge in [0, 0.05) is 13.0 Å². The highest BCUT2D eigenvalue weighted by Gasteiger charge is 2.16. The standard InChI is InChI=1S/C17H19N3O2S/c1-12-7-8-13(2)16(11-12)23(21,22)18-10-9-17-19-14-5-3-4-6-15(14)20-17/h3-8,11,18H,9-10H2,1-2H3,(H,19,20). The maximum Gasteiger partial charge on any atom is 0.240 e. The molecule has 0 aliphatic carbocycles. The normalized spacial score (nSPS) is 11.9. The quantitative estimate of drug-likeness (QED) is 0.756. The maximum absolute atomic E-state index is 12.4. The van der Waals surface area contributed by atoms with Gasteiger partial charge in [-0.2, -0.15) is 0 Å². The van der Waals surface area contributed by atoms with Gasteiger partial charge in [-0.15, -0.1) is 0 Å². The fourth-order valence-corrected chi connectivity index (χ4v) is 3.86. The van der Waals surface area contributed by atoms with Gasteiger partial charge >= 0.3 is 0 Å². The summed E-state index contributed by atoms with van der Waals surface area (Å²) in [5, 5.41) is 0. The van der Waals surface area contributed by atoms with E-state index in [1.54, 1.807) is 13.0 Å². The summed E-state index contributed by atoms with van der Waals surface area (Å²) < 4.78 is 27.5. The van der Waals surface area contributed by atoms with Crippen molar-refractivity contribution in [1.82, 2.24) is 14.7 Å². The highest BCUT2D eigenvalue weighted by molar-refractivity contribution is 7.89. The first-order chi connectivity index (χ1) is 11.0. The first kappa shape index (κ1) is 15.7. The molecule has 3 rings (SSSR count). The zero-order valence-corrected chi connectivity index (χ0v) is 13.9. The Morgan fingerprint density at radius 3 is 2.70 bits per heavy atom. The van der Waals surface area contributed by atoms with Gasteiger partial charge in [0.25, 0.3) is 0 Å². The van der Waals surface area contributed by atoms with Crippen LogP contribution in [0.15, 0.2) is 47.4 Å². The van der Waals surface area contributed by atoms with Gasteiger partial charge in [-0.3, -0.25) is 0 Å². The van der Waals surface area contributed by atoms with Crippen molar-refractivity contribution in [3.05, 3.63) is 59.4 Å². The Morgan fingerprint density at radius 1 is 1.13 bits per heavy atom. The van der Waals surface area contributed by atoms with Gasteiger partial charge in [0.1, 0.15) is 5.82 Å². The van der Waals surface area contributed by atoms with Crippen LogP contribution in [0.25, 0.3) is 11.0 Å². The van der Waals surface area contributed by atoms with Gasteiger partial charge in [0.2, 0.25) is 10.0 Å². The lowest BCUT2D eigenvalue weighted by Gasteiger charge is -2.09. The highest BCUT2D eigenvalue weighted by atomic mass is 32.2. The molecule has 2 N–H and O–H groups in total. The van der Waals surface area contributed by atoms with Crippen LogP contribution in [-0.2, 0) is 16.4 Å². The van der Waals surface area contributed by atoms with E-state index in [0.29, 0.717) is 17.9 Å². The first-order valence-corrected chi connectivity index (χ1v) is 8.94. The zero-order chi connectivity index (χ0) is 16.4. The van der Waals surface area contributed by atoms with Crippen LogP contribution in [0.3, 0.4) is 0 Å². The molecule has 6 heteroatoms. The Hall–Kier alpha value is -2.18. The topological polar surface area (TPSA) is 74.8 Å². The molecule has 1 aromatic heterocycles. The van der Waals surface area contributed by atoms with E-state index in [4.69, 9.17) is 0 Å². The lowest BCUT2D eigenvalue weighted by atomic mass is 10.2. The van der Waals surface area contributed by atoms with Crippen LogP contribution in [0, 0.1) is 13.8 Å². The molecule has 0 atom stereocenters. The third kappa shape index (κ3) is 3.43. The number of hydrogen-bond donors (Lipinski definition) is 2. The average Bonchev–Trinajstić information content (AvgIpc) is 2.92. The van der Waals surface area contributed by atoms with Crippen molar-refractivity contribution < 1.29 is 8.42 Å². The Bertz CT molecular complexity index is 912. The highest BCUT2D eigenvalue weighted by Crippen LogP contribution is 2.16. The van der Waals surface area contributed by atoms with Crippen molar-refractivity contribution in [2.24, 2.45) is 0 Å². The number of benzene rings is 2. The number of para-hydroxylation sites is 2. The number of aromatic amines is 1. The van der Waals surface area contributed by atoms with E-state index in [1.165, 1.54) is 0 Å². The molecule has 23 heavy (non-hydrogen) atoms. The Balaban J connectivity index is 1.71. The molecule has 2 aromatic carbocycles. The Kier molecular flexibility index (Phi) is 4.19. The minimum Gasteiger partial charge on any atom is -0.342 e. The molecular formula is C17H19N3O2S. The summed E-state index contributed by atoms with van der Waals surface area (Å²) in [6.45, 7) is 3.98. The second-order valence-electron chi connectivity index (χ2n) is 5.62. The number of sulfonamides is 1. The molecule has 0 amide bonds. The monoisotopic (exact) mass is 329 g/mol. The molecule has 0 aliphatic rings. The second-order valence-corrected chi connectivity index (χ2v) is 7.35. The predicted octanol–water partition coefficient (Wildman–Crippen LogP) is 2.70. The van der Waals surface area contributed by atoms with Crippen LogP contribution in [-0.4, -0.2) is 24.9 Å². The van der Waals surface area contributed by atoms with Gasteiger partial charge in [-0.1, -0.05) is 24.3 Å². The summed E-state index contributed by atoms with van der Waals surface area (Å²) in [4.78, 5) is 7.98. The molecule has 0 spiro atoms. The van der Waals surface area contributed by atoms with Crippen LogP contribution in [0.5, 0.6) is 0 Å². The third-order valence-electron chi connectivity index (χ3n) is 3.73. The molecule has 3 aromatic rings. The molecule has 1 heterocycles. The van der Waals surface area contributed by atoms with Crippen molar-refractivity contribution in [1.29, 1.82) is 0 Å². The predicted molar refractivity (Wildman–Crippen MR) is 90.9 cm³/mol.